The van der Waals surface area contributed by atoms with Crippen LogP contribution >= 0.6 is 0 Å². The summed E-state index contributed by atoms with van der Waals surface area (Å²) in [6, 6.07) is 6.05. The van der Waals surface area contributed by atoms with Crippen LogP contribution in [0.5, 0.6) is 0 Å². The van der Waals surface area contributed by atoms with Crippen LogP contribution in [0.25, 0.3) is 0 Å². The molecule has 4 nitrogen and oxygen atoms in total. The van der Waals surface area contributed by atoms with Gasteiger partial charge in [0.2, 0.25) is 0 Å². The van der Waals surface area contributed by atoms with Crippen LogP contribution in [0.4, 0.5) is 5.82 Å². The van der Waals surface area contributed by atoms with Crippen LogP contribution in [0.2, 0.25) is 0 Å². The molecule has 0 spiro atoms. The van der Waals surface area contributed by atoms with Crippen molar-refractivity contribution in [2.75, 3.05) is 5.73 Å². The zero-order chi connectivity index (χ0) is 11.0. The van der Waals surface area contributed by atoms with E-state index in [9.17, 15) is 0 Å². The molecule has 4 heteroatoms. The zero-order valence-electron chi connectivity index (χ0n) is 8.98. The van der Waals surface area contributed by atoms with Gasteiger partial charge in [-0.3, -0.25) is 10.1 Å². The molecule has 0 aliphatic heterocycles. The molecule has 0 radical (unpaired) electrons. The van der Waals surface area contributed by atoms with Crippen molar-refractivity contribution >= 4 is 5.82 Å². The first-order valence-corrected chi connectivity index (χ1v) is 5.53. The van der Waals surface area contributed by atoms with E-state index in [1.807, 2.05) is 18.3 Å². The molecule has 82 valence electrons. The minimum absolute atomic E-state index is 0.0683. The van der Waals surface area contributed by atoms with E-state index >= 15 is 0 Å². The number of aromatic amines is 1. The van der Waals surface area contributed by atoms with Crippen molar-refractivity contribution < 1.29 is 0 Å². The maximum absolute atomic E-state index is 5.67. The van der Waals surface area contributed by atoms with Crippen molar-refractivity contribution in [1.82, 2.24) is 15.2 Å². The first-order chi connectivity index (χ1) is 7.81. The fourth-order valence-electron chi connectivity index (χ4n) is 2.47. The van der Waals surface area contributed by atoms with E-state index in [1.54, 1.807) is 6.20 Å². The van der Waals surface area contributed by atoms with E-state index in [4.69, 9.17) is 5.73 Å². The largest absolute Gasteiger partial charge is 0.382 e. The van der Waals surface area contributed by atoms with Gasteiger partial charge >= 0.3 is 0 Å². The fraction of sp³-hybridized carbons (Fsp3) is 0.333. The maximum atomic E-state index is 5.67. The van der Waals surface area contributed by atoms with Crippen LogP contribution in [0, 0.1) is 0 Å². The summed E-state index contributed by atoms with van der Waals surface area (Å²) < 4.78 is 0. The number of nitrogens with zero attached hydrogens (tertiary/aromatic N) is 2. The first-order valence-electron chi connectivity index (χ1n) is 5.53. The number of nitrogens with one attached hydrogen (secondary N) is 1. The molecule has 0 atom stereocenters. The van der Waals surface area contributed by atoms with Crippen molar-refractivity contribution in [1.29, 1.82) is 0 Å². The van der Waals surface area contributed by atoms with Crippen LogP contribution in [0.15, 0.2) is 30.6 Å². The van der Waals surface area contributed by atoms with Gasteiger partial charge in [0.25, 0.3) is 0 Å². The average molecular weight is 214 g/mol. The Balaban J connectivity index is 2.07. The minimum atomic E-state index is 0.0683. The molecule has 0 bridgehead atoms. The van der Waals surface area contributed by atoms with Gasteiger partial charge < -0.3 is 5.73 Å². The molecule has 2 heterocycles. The van der Waals surface area contributed by atoms with E-state index in [-0.39, 0.29) is 5.41 Å². The number of nitrogens with two attached hydrogens (primary N) is 1. The van der Waals surface area contributed by atoms with Crippen LogP contribution in [-0.4, -0.2) is 15.2 Å². The summed E-state index contributed by atoms with van der Waals surface area (Å²) >= 11 is 0. The zero-order valence-corrected chi connectivity index (χ0v) is 8.98. The summed E-state index contributed by atoms with van der Waals surface area (Å²) in [6.07, 6.45) is 7.27. The Hall–Kier alpha value is -1.84. The second-order valence-corrected chi connectivity index (χ2v) is 4.38. The monoisotopic (exact) mass is 214 g/mol. The highest BCUT2D eigenvalue weighted by Crippen LogP contribution is 2.48. The molecular formula is C12H14N4. The third-order valence-corrected chi connectivity index (χ3v) is 3.53. The Morgan fingerprint density at radius 3 is 2.75 bits per heavy atom. The number of nitrogen functional groups attached to an aromatic ring is 1. The van der Waals surface area contributed by atoms with Crippen molar-refractivity contribution in [3.63, 3.8) is 0 Å². The van der Waals surface area contributed by atoms with Crippen molar-refractivity contribution in [3.05, 3.63) is 41.9 Å². The molecular weight excluding hydrogens is 200 g/mol. The lowest BCUT2D eigenvalue weighted by Gasteiger charge is -2.41. The predicted molar refractivity (Wildman–Crippen MR) is 61.9 cm³/mol. The number of pyridine rings is 1. The van der Waals surface area contributed by atoms with E-state index < -0.39 is 0 Å². The Labute approximate surface area is 93.9 Å². The maximum Gasteiger partial charge on any atom is 0.145 e. The minimum Gasteiger partial charge on any atom is -0.382 e. The Morgan fingerprint density at radius 1 is 1.38 bits per heavy atom. The number of hydrogen-bond donors (Lipinski definition) is 2. The highest BCUT2D eigenvalue weighted by Gasteiger charge is 2.41. The number of hydrogen-bond acceptors (Lipinski definition) is 3. The van der Waals surface area contributed by atoms with Crippen LogP contribution < -0.4 is 5.73 Å². The van der Waals surface area contributed by atoms with Gasteiger partial charge in [-0.05, 0) is 24.5 Å². The smallest absolute Gasteiger partial charge is 0.145 e. The van der Waals surface area contributed by atoms with Crippen molar-refractivity contribution in [2.24, 2.45) is 0 Å². The molecule has 1 fully saturated rings. The van der Waals surface area contributed by atoms with E-state index in [0.717, 1.165) is 18.5 Å². The topological polar surface area (TPSA) is 67.6 Å². The van der Waals surface area contributed by atoms with Gasteiger partial charge in [0.05, 0.1) is 0 Å². The Kier molecular flexibility index (Phi) is 1.96. The van der Waals surface area contributed by atoms with Gasteiger partial charge in [-0.25, -0.2) is 0 Å². The van der Waals surface area contributed by atoms with Gasteiger partial charge in [-0.2, -0.15) is 5.10 Å². The van der Waals surface area contributed by atoms with Crippen LogP contribution in [0.3, 0.4) is 0 Å². The summed E-state index contributed by atoms with van der Waals surface area (Å²) in [7, 11) is 0. The SMILES string of the molecule is Nc1cc(C2(c3cccnc3)CCC2)[nH]n1. The third kappa shape index (κ3) is 1.23. The quantitative estimate of drug-likeness (QED) is 0.801. The summed E-state index contributed by atoms with van der Waals surface area (Å²) in [5, 5.41) is 7.07. The summed E-state index contributed by atoms with van der Waals surface area (Å²) in [6.45, 7) is 0. The lowest BCUT2D eigenvalue weighted by molar-refractivity contribution is 0.292. The molecule has 0 unspecified atom stereocenters. The summed E-state index contributed by atoms with van der Waals surface area (Å²) in [5.74, 6) is 0.560. The molecule has 2 aromatic rings. The van der Waals surface area contributed by atoms with Gasteiger partial charge in [-0.1, -0.05) is 12.5 Å². The molecule has 16 heavy (non-hydrogen) atoms. The summed E-state index contributed by atoms with van der Waals surface area (Å²) in [4.78, 5) is 4.20. The van der Waals surface area contributed by atoms with Crippen LogP contribution in [-0.2, 0) is 5.41 Å². The summed E-state index contributed by atoms with van der Waals surface area (Å²) in [5.41, 5.74) is 8.11. The third-order valence-electron chi connectivity index (χ3n) is 3.53. The van der Waals surface area contributed by atoms with Crippen molar-refractivity contribution in [2.45, 2.75) is 24.7 Å². The first kappa shape index (κ1) is 9.39. The number of rotatable bonds is 2. The van der Waals surface area contributed by atoms with Crippen molar-refractivity contribution in [3.8, 4) is 0 Å². The Bertz CT molecular complexity index is 485. The molecule has 1 saturated carbocycles. The second-order valence-electron chi connectivity index (χ2n) is 4.38. The number of aromatic nitrogens is 3. The van der Waals surface area contributed by atoms with Crippen LogP contribution in [0.1, 0.15) is 30.5 Å². The van der Waals surface area contributed by atoms with E-state index in [1.165, 1.54) is 12.0 Å². The lowest BCUT2D eigenvalue weighted by atomic mass is 9.63. The average Bonchev–Trinajstić information content (AvgIpc) is 2.65. The number of H-pyrrole nitrogens is 1. The van der Waals surface area contributed by atoms with E-state index in [2.05, 4.69) is 21.2 Å². The highest BCUT2D eigenvalue weighted by atomic mass is 15.2. The molecule has 1 aliphatic carbocycles. The Morgan fingerprint density at radius 2 is 2.25 bits per heavy atom. The highest BCUT2D eigenvalue weighted by molar-refractivity contribution is 5.41. The molecule has 0 amide bonds. The predicted octanol–water partition coefficient (Wildman–Crippen LogP) is 1.86. The molecule has 0 aromatic carbocycles. The molecule has 2 aromatic heterocycles. The van der Waals surface area contributed by atoms with Gasteiger partial charge in [0.15, 0.2) is 0 Å². The second kappa shape index (κ2) is 3.33. The number of anilines is 1. The molecule has 0 saturated heterocycles. The fourth-order valence-corrected chi connectivity index (χ4v) is 2.47. The lowest BCUT2D eigenvalue weighted by Crippen LogP contribution is -2.35. The van der Waals surface area contributed by atoms with E-state index in [0.29, 0.717) is 5.82 Å². The molecule has 1 aliphatic rings. The van der Waals surface area contributed by atoms with Gasteiger partial charge in [-0.15, -0.1) is 0 Å². The molecule has 3 rings (SSSR count). The van der Waals surface area contributed by atoms with Gasteiger partial charge in [0, 0.05) is 29.6 Å². The standard InChI is InChI=1S/C12H14N4/c13-11-7-10(15-16-11)12(4-2-5-12)9-3-1-6-14-8-9/h1,3,6-8H,2,4-5H2,(H3,13,15,16). The molecule has 3 N–H and O–H groups in total. The van der Waals surface area contributed by atoms with Gasteiger partial charge in [0.1, 0.15) is 5.82 Å². The normalized spacial score (nSPS) is 18.0.